The number of urea groups is 1. The molecule has 0 bridgehead atoms. The van der Waals surface area contributed by atoms with Gasteiger partial charge in [-0.2, -0.15) is 0 Å². The van der Waals surface area contributed by atoms with E-state index in [1.807, 2.05) is 0 Å². The molecular formula is C14H24N2O4. The highest BCUT2D eigenvalue weighted by Crippen LogP contribution is 2.21. The Morgan fingerprint density at radius 1 is 1.50 bits per heavy atom. The molecule has 114 valence electrons. The van der Waals surface area contributed by atoms with Crippen LogP contribution in [0.5, 0.6) is 0 Å². The summed E-state index contributed by atoms with van der Waals surface area (Å²) in [6, 6.07) is -0.323. The number of hydrogen-bond donors (Lipinski definition) is 1. The van der Waals surface area contributed by atoms with Crippen LogP contribution in [0.15, 0.2) is 12.7 Å². The van der Waals surface area contributed by atoms with E-state index in [9.17, 15) is 9.59 Å². The van der Waals surface area contributed by atoms with Crippen molar-refractivity contribution in [3.8, 4) is 0 Å². The summed E-state index contributed by atoms with van der Waals surface area (Å²) in [6.45, 7) is 5.66. The number of hydrogen-bond acceptors (Lipinski definition) is 3. The van der Waals surface area contributed by atoms with Crippen LogP contribution in [-0.4, -0.2) is 66.3 Å². The van der Waals surface area contributed by atoms with Gasteiger partial charge in [-0.05, 0) is 19.3 Å². The number of carbonyl (C=O) groups excluding carboxylic acids is 1. The van der Waals surface area contributed by atoms with E-state index in [-0.39, 0.29) is 18.5 Å². The van der Waals surface area contributed by atoms with Crippen LogP contribution in [0.25, 0.3) is 0 Å². The lowest BCUT2D eigenvalue weighted by molar-refractivity contribution is -0.138. The van der Waals surface area contributed by atoms with Gasteiger partial charge in [-0.1, -0.05) is 6.08 Å². The molecule has 0 aliphatic carbocycles. The Morgan fingerprint density at radius 3 is 2.85 bits per heavy atom. The summed E-state index contributed by atoms with van der Waals surface area (Å²) in [5.74, 6) is -0.859. The van der Waals surface area contributed by atoms with Gasteiger partial charge in [-0.3, -0.25) is 4.79 Å². The molecule has 1 aliphatic rings. The Balaban J connectivity index is 2.72. The van der Waals surface area contributed by atoms with Gasteiger partial charge < -0.3 is 19.6 Å². The average Bonchev–Trinajstić information content (AvgIpc) is 2.42. The summed E-state index contributed by atoms with van der Waals surface area (Å²) < 4.78 is 5.01. The van der Waals surface area contributed by atoms with E-state index >= 15 is 0 Å². The van der Waals surface area contributed by atoms with Crippen molar-refractivity contribution in [2.24, 2.45) is 0 Å². The van der Waals surface area contributed by atoms with Gasteiger partial charge in [0.15, 0.2) is 0 Å². The molecule has 1 atom stereocenters. The normalized spacial score (nSPS) is 18.6. The molecule has 1 fully saturated rings. The molecule has 1 saturated heterocycles. The largest absolute Gasteiger partial charge is 0.481 e. The van der Waals surface area contributed by atoms with Gasteiger partial charge in [0.05, 0.1) is 13.0 Å². The highest BCUT2D eigenvalue weighted by atomic mass is 16.5. The Kier molecular flexibility index (Phi) is 7.08. The van der Waals surface area contributed by atoms with E-state index in [1.165, 1.54) is 0 Å². The topological polar surface area (TPSA) is 70.1 Å². The second-order valence-corrected chi connectivity index (χ2v) is 4.95. The molecule has 1 N–H and O–H groups in total. The van der Waals surface area contributed by atoms with E-state index in [0.29, 0.717) is 26.2 Å². The molecule has 1 aliphatic heterocycles. The zero-order chi connectivity index (χ0) is 15.0. The smallest absolute Gasteiger partial charge is 0.320 e. The van der Waals surface area contributed by atoms with Gasteiger partial charge in [-0.15, -0.1) is 6.58 Å². The molecule has 1 heterocycles. The molecule has 2 amide bonds. The SMILES string of the molecule is C=CCN(CCOC)C(=O)N1CCCCC1CC(=O)O. The number of likely N-dealkylation sites (tertiary alicyclic amines) is 1. The molecule has 6 nitrogen and oxygen atoms in total. The van der Waals surface area contributed by atoms with Crippen molar-refractivity contribution >= 4 is 12.0 Å². The fourth-order valence-corrected chi connectivity index (χ4v) is 2.47. The van der Waals surface area contributed by atoms with E-state index < -0.39 is 5.97 Å². The molecule has 0 aromatic rings. The summed E-state index contributed by atoms with van der Waals surface area (Å²) in [5, 5.41) is 8.96. The maximum atomic E-state index is 12.5. The summed E-state index contributed by atoms with van der Waals surface area (Å²) in [5.41, 5.74) is 0. The van der Waals surface area contributed by atoms with Crippen LogP contribution >= 0.6 is 0 Å². The van der Waals surface area contributed by atoms with Crippen LogP contribution in [0.1, 0.15) is 25.7 Å². The van der Waals surface area contributed by atoms with Gasteiger partial charge >= 0.3 is 12.0 Å². The predicted octanol–water partition coefficient (Wildman–Crippen LogP) is 1.57. The van der Waals surface area contributed by atoms with E-state index in [0.717, 1.165) is 19.3 Å². The molecule has 20 heavy (non-hydrogen) atoms. The van der Waals surface area contributed by atoms with Gasteiger partial charge in [0.1, 0.15) is 0 Å². The number of aliphatic carboxylic acids is 1. The number of methoxy groups -OCH3 is 1. The maximum Gasteiger partial charge on any atom is 0.320 e. The Labute approximate surface area is 120 Å². The first-order valence-corrected chi connectivity index (χ1v) is 6.97. The number of carboxylic acid groups (broad SMARTS) is 1. The van der Waals surface area contributed by atoms with Crippen molar-refractivity contribution in [3.63, 3.8) is 0 Å². The van der Waals surface area contributed by atoms with E-state index in [4.69, 9.17) is 9.84 Å². The van der Waals surface area contributed by atoms with Gasteiger partial charge in [-0.25, -0.2) is 4.79 Å². The van der Waals surface area contributed by atoms with Crippen LogP contribution in [0, 0.1) is 0 Å². The average molecular weight is 284 g/mol. The van der Waals surface area contributed by atoms with Crippen LogP contribution in [-0.2, 0) is 9.53 Å². The van der Waals surface area contributed by atoms with Crippen LogP contribution in [0.3, 0.4) is 0 Å². The second kappa shape index (κ2) is 8.58. The minimum atomic E-state index is -0.859. The molecule has 0 aromatic carbocycles. The highest BCUT2D eigenvalue weighted by Gasteiger charge is 2.30. The molecule has 6 heteroatoms. The van der Waals surface area contributed by atoms with Crippen LogP contribution < -0.4 is 0 Å². The Bertz CT molecular complexity index is 346. The summed E-state index contributed by atoms with van der Waals surface area (Å²) in [4.78, 5) is 26.8. The monoisotopic (exact) mass is 284 g/mol. The molecule has 0 spiro atoms. The third-order valence-corrected chi connectivity index (χ3v) is 3.47. The third kappa shape index (κ3) is 4.85. The zero-order valence-corrected chi connectivity index (χ0v) is 12.1. The third-order valence-electron chi connectivity index (χ3n) is 3.47. The predicted molar refractivity (Wildman–Crippen MR) is 75.6 cm³/mol. The van der Waals surface area contributed by atoms with E-state index in [1.54, 1.807) is 23.0 Å². The minimum absolute atomic E-state index is 0.0119. The number of carbonyl (C=O) groups is 2. The number of rotatable bonds is 7. The lowest BCUT2D eigenvalue weighted by Gasteiger charge is -2.38. The maximum absolute atomic E-state index is 12.5. The Morgan fingerprint density at radius 2 is 2.25 bits per heavy atom. The Hall–Kier alpha value is -1.56. The van der Waals surface area contributed by atoms with Crippen molar-refractivity contribution in [1.82, 2.24) is 9.80 Å². The van der Waals surface area contributed by atoms with Crippen LogP contribution in [0.4, 0.5) is 4.79 Å². The fraction of sp³-hybridized carbons (Fsp3) is 0.714. The summed E-state index contributed by atoms with van der Waals surface area (Å²) in [7, 11) is 1.59. The first-order valence-electron chi connectivity index (χ1n) is 6.97. The first kappa shape index (κ1) is 16.5. The lowest BCUT2D eigenvalue weighted by Crippen LogP contribution is -2.51. The zero-order valence-electron chi connectivity index (χ0n) is 12.1. The van der Waals surface area contributed by atoms with Gasteiger partial charge in [0.25, 0.3) is 0 Å². The lowest BCUT2D eigenvalue weighted by atomic mass is 10.00. The number of nitrogens with zero attached hydrogens (tertiary/aromatic N) is 2. The van der Waals surface area contributed by atoms with Crippen molar-refractivity contribution in [3.05, 3.63) is 12.7 Å². The number of ether oxygens (including phenoxy) is 1. The highest BCUT2D eigenvalue weighted by molar-refractivity contribution is 5.76. The molecule has 0 aromatic heterocycles. The van der Waals surface area contributed by atoms with Crippen molar-refractivity contribution < 1.29 is 19.4 Å². The quantitative estimate of drug-likeness (QED) is 0.720. The minimum Gasteiger partial charge on any atom is -0.481 e. The molecule has 1 unspecified atom stereocenters. The first-order chi connectivity index (χ1) is 9.60. The number of piperidine rings is 1. The number of amides is 2. The van der Waals surface area contributed by atoms with Crippen molar-refractivity contribution in [1.29, 1.82) is 0 Å². The second-order valence-electron chi connectivity index (χ2n) is 4.95. The fourth-order valence-electron chi connectivity index (χ4n) is 2.47. The number of carboxylic acids is 1. The van der Waals surface area contributed by atoms with Crippen molar-refractivity contribution in [2.75, 3.05) is 33.4 Å². The summed E-state index contributed by atoms with van der Waals surface area (Å²) >= 11 is 0. The summed E-state index contributed by atoms with van der Waals surface area (Å²) in [6.07, 6.45) is 4.33. The van der Waals surface area contributed by atoms with Crippen molar-refractivity contribution in [2.45, 2.75) is 31.7 Å². The molecule has 0 saturated carbocycles. The van der Waals surface area contributed by atoms with Crippen LogP contribution in [0.2, 0.25) is 0 Å². The van der Waals surface area contributed by atoms with Gasteiger partial charge in [0.2, 0.25) is 0 Å². The molecule has 0 radical (unpaired) electrons. The standard InChI is InChI=1S/C14H24N2O4/c1-3-7-15(9-10-20-2)14(19)16-8-5-4-6-12(16)11-13(17)18/h3,12H,1,4-11H2,2H3,(H,17,18). The molecule has 1 rings (SSSR count). The van der Waals surface area contributed by atoms with Gasteiger partial charge in [0, 0.05) is 32.8 Å². The molecular weight excluding hydrogens is 260 g/mol. The van der Waals surface area contributed by atoms with E-state index in [2.05, 4.69) is 6.58 Å².